The number of methoxy groups -OCH3 is 1. The second-order valence-corrected chi connectivity index (χ2v) is 13.8. The first-order valence-corrected chi connectivity index (χ1v) is 17.7. The van der Waals surface area contributed by atoms with Crippen LogP contribution in [0.4, 0.5) is 37.5 Å². The molecule has 1 aliphatic carbocycles. The summed E-state index contributed by atoms with van der Waals surface area (Å²) in [6, 6.07) is 11.4. The average Bonchev–Trinajstić information content (AvgIpc) is 3.94. The summed E-state index contributed by atoms with van der Waals surface area (Å²) in [5.74, 6) is -0.981. The van der Waals surface area contributed by atoms with Gasteiger partial charge >= 0.3 is 0 Å². The number of aromatic nitrogens is 2. The van der Waals surface area contributed by atoms with Gasteiger partial charge in [-0.3, -0.25) is 14.6 Å². The third-order valence-electron chi connectivity index (χ3n) is 10.6. The van der Waals surface area contributed by atoms with Crippen LogP contribution in [0.2, 0.25) is 0 Å². The van der Waals surface area contributed by atoms with Gasteiger partial charge in [0.25, 0.3) is 0 Å². The van der Waals surface area contributed by atoms with E-state index in [1.807, 2.05) is 12.1 Å². The van der Waals surface area contributed by atoms with Crippen LogP contribution >= 0.6 is 0 Å². The molecular weight excluding hydrogens is 642 g/mol. The second-order valence-electron chi connectivity index (χ2n) is 13.8. The Hall–Kier alpha value is -4.33. The molecule has 4 aliphatic rings. The number of amides is 1. The maximum Gasteiger partial charge on any atom is 0.247 e. The van der Waals surface area contributed by atoms with Crippen LogP contribution in [-0.2, 0) is 4.79 Å². The molecule has 2 bridgehead atoms. The molecule has 266 valence electrons. The highest BCUT2D eigenvalue weighted by atomic mass is 19.2. The lowest BCUT2D eigenvalue weighted by atomic mass is 9.99. The molecule has 3 aromatic rings. The van der Waals surface area contributed by atoms with Gasteiger partial charge in [0.15, 0.2) is 11.6 Å². The number of hydrogen-bond donors (Lipinski definition) is 4. The highest BCUT2D eigenvalue weighted by Gasteiger charge is 2.47. The molecule has 4 heterocycles. The number of fused-ring (bicyclic) bond motifs is 2. The van der Waals surface area contributed by atoms with Gasteiger partial charge in [-0.2, -0.15) is 0 Å². The number of nitrogens with one attached hydrogen (secondary N) is 3. The summed E-state index contributed by atoms with van der Waals surface area (Å²) in [5.41, 5.74) is 2.12. The molecule has 50 heavy (non-hydrogen) atoms. The quantitative estimate of drug-likeness (QED) is 0.173. The second kappa shape index (κ2) is 14.9. The third-order valence-corrected chi connectivity index (χ3v) is 10.6. The molecule has 3 atom stereocenters. The van der Waals surface area contributed by atoms with Gasteiger partial charge in [-0.1, -0.05) is 18.7 Å². The molecule has 7 rings (SSSR count). The van der Waals surface area contributed by atoms with E-state index >= 15 is 0 Å². The maximum atomic E-state index is 14.6. The summed E-state index contributed by atoms with van der Waals surface area (Å²) in [4.78, 5) is 29.1. The molecule has 0 spiro atoms. The number of hydrogen-bond acceptors (Lipinski definition) is 10. The highest BCUT2D eigenvalue weighted by Crippen LogP contribution is 2.43. The normalized spacial score (nSPS) is 21.9. The predicted octanol–water partition coefficient (Wildman–Crippen LogP) is 5.45. The van der Waals surface area contributed by atoms with Gasteiger partial charge in [-0.15, -0.1) is 0 Å². The fourth-order valence-electron chi connectivity index (χ4n) is 8.13. The summed E-state index contributed by atoms with van der Waals surface area (Å²) in [6.07, 6.45) is 10.2. The molecule has 11 nitrogen and oxygen atoms in total. The Balaban J connectivity index is 1.07. The molecule has 1 saturated carbocycles. The number of carbonyl (C=O) groups excluding carboxylic acids is 1. The molecule has 1 amide bonds. The van der Waals surface area contributed by atoms with E-state index in [1.54, 1.807) is 13.2 Å². The lowest BCUT2D eigenvalue weighted by Crippen LogP contribution is -2.58. The smallest absolute Gasteiger partial charge is 0.247 e. The zero-order chi connectivity index (χ0) is 34.8. The third kappa shape index (κ3) is 7.26. The molecule has 3 saturated heterocycles. The number of anilines is 5. The van der Waals surface area contributed by atoms with Crippen molar-refractivity contribution in [3.05, 3.63) is 72.6 Å². The molecule has 4 fully saturated rings. The van der Waals surface area contributed by atoms with Crippen molar-refractivity contribution >= 4 is 34.6 Å². The number of piperazine rings is 1. The van der Waals surface area contributed by atoms with Crippen LogP contribution in [0.15, 0.2) is 55.4 Å². The fourth-order valence-corrected chi connectivity index (χ4v) is 8.13. The Morgan fingerprint density at radius 3 is 2.40 bits per heavy atom. The summed E-state index contributed by atoms with van der Waals surface area (Å²) < 4.78 is 34.4. The summed E-state index contributed by atoms with van der Waals surface area (Å²) in [5, 5.41) is 19.0. The predicted molar refractivity (Wildman–Crippen MR) is 190 cm³/mol. The first-order valence-electron chi connectivity index (χ1n) is 17.7. The van der Waals surface area contributed by atoms with Crippen LogP contribution in [0, 0.1) is 11.6 Å². The van der Waals surface area contributed by atoms with E-state index in [1.165, 1.54) is 63.3 Å². The minimum Gasteiger partial charge on any atom is -0.494 e. The van der Waals surface area contributed by atoms with Crippen LogP contribution in [0.1, 0.15) is 56.6 Å². The Bertz CT molecular complexity index is 1690. The minimum absolute atomic E-state index is 0.0827. The van der Waals surface area contributed by atoms with E-state index < -0.39 is 17.7 Å². The molecule has 4 N–H and O–H groups in total. The standard InChI is InChI=1S/C37H46F2N8O3/c1-3-36(49)44-30-17-31(43-35-19-34(40-22-41-35)42-29(13-16-48)27-5-4-6-28(38)37(27)39)33(50-2)18-32(30)45-14-11-23(12-15-45)46-20-25-9-10-26(21-46)47(25)24-7-8-24/h3-6,17-19,22-26,29,48H,1,7-16,20-21H2,2H3,(H,44,49)(H2,40,41,42,43)/t25?,26?,29-/m1/s1. The van der Waals surface area contributed by atoms with Crippen molar-refractivity contribution in [2.24, 2.45) is 0 Å². The number of benzene rings is 2. The van der Waals surface area contributed by atoms with E-state index in [4.69, 9.17) is 4.74 Å². The van der Waals surface area contributed by atoms with E-state index in [2.05, 4.69) is 47.2 Å². The van der Waals surface area contributed by atoms with Crippen molar-refractivity contribution < 1.29 is 23.4 Å². The number of rotatable bonds is 13. The van der Waals surface area contributed by atoms with Crippen LogP contribution in [-0.4, -0.2) is 94.8 Å². The van der Waals surface area contributed by atoms with Gasteiger partial charge in [-0.25, -0.2) is 18.7 Å². The maximum absolute atomic E-state index is 14.6. The topological polar surface area (TPSA) is 118 Å². The Labute approximate surface area is 291 Å². The number of carbonyl (C=O) groups is 1. The Kier molecular flexibility index (Phi) is 10.2. The molecule has 2 unspecified atom stereocenters. The number of likely N-dealkylation sites (tertiary alicyclic amines) is 1. The van der Waals surface area contributed by atoms with Crippen molar-refractivity contribution in [1.82, 2.24) is 19.8 Å². The average molecular weight is 689 g/mol. The van der Waals surface area contributed by atoms with Gasteiger partial charge in [0, 0.05) is 74.6 Å². The first kappa shape index (κ1) is 34.1. The van der Waals surface area contributed by atoms with E-state index in [-0.39, 0.29) is 24.5 Å². The molecule has 13 heteroatoms. The van der Waals surface area contributed by atoms with Crippen molar-refractivity contribution in [3.8, 4) is 5.75 Å². The van der Waals surface area contributed by atoms with Crippen molar-refractivity contribution in [1.29, 1.82) is 0 Å². The molecule has 3 aliphatic heterocycles. The number of aliphatic hydroxyl groups excluding tert-OH is 1. The van der Waals surface area contributed by atoms with Gasteiger partial charge in [0.05, 0.1) is 30.2 Å². The van der Waals surface area contributed by atoms with Gasteiger partial charge in [0.1, 0.15) is 23.7 Å². The highest BCUT2D eigenvalue weighted by molar-refractivity contribution is 6.02. The largest absolute Gasteiger partial charge is 0.494 e. The summed E-state index contributed by atoms with van der Waals surface area (Å²) in [6.45, 7) is 7.47. The Morgan fingerprint density at radius 2 is 1.72 bits per heavy atom. The number of halogens is 2. The fraction of sp³-hybridized carbons (Fsp3) is 0.486. The summed E-state index contributed by atoms with van der Waals surface area (Å²) >= 11 is 0. The zero-order valence-electron chi connectivity index (χ0n) is 28.5. The number of aliphatic hydroxyl groups is 1. The Morgan fingerprint density at radius 1 is 1.00 bits per heavy atom. The van der Waals surface area contributed by atoms with Crippen molar-refractivity contribution in [3.63, 3.8) is 0 Å². The van der Waals surface area contributed by atoms with Crippen molar-refractivity contribution in [2.75, 3.05) is 60.7 Å². The van der Waals surface area contributed by atoms with Crippen LogP contribution in [0.3, 0.4) is 0 Å². The number of piperidine rings is 1. The van der Waals surface area contributed by atoms with Crippen LogP contribution < -0.4 is 25.6 Å². The zero-order valence-corrected chi connectivity index (χ0v) is 28.5. The van der Waals surface area contributed by atoms with Gasteiger partial charge in [-0.05, 0) is 63.2 Å². The SMILES string of the molecule is C=CC(=O)Nc1cc(Nc2cc(N[C@H](CCO)c3cccc(F)c3F)ncn2)c(OC)cc1N1CCC(N2CC3CCC(C2)N3C2CC2)CC1. The van der Waals surface area contributed by atoms with E-state index in [0.29, 0.717) is 46.9 Å². The number of ether oxygens (including phenoxy) is 1. The molecule has 2 aromatic carbocycles. The lowest BCUT2D eigenvalue weighted by molar-refractivity contribution is -0.111. The van der Waals surface area contributed by atoms with E-state index in [9.17, 15) is 18.7 Å². The first-order chi connectivity index (χ1) is 24.3. The van der Waals surface area contributed by atoms with Gasteiger partial charge < -0.3 is 30.7 Å². The molecule has 1 aromatic heterocycles. The monoisotopic (exact) mass is 688 g/mol. The number of nitrogens with zero attached hydrogens (tertiary/aromatic N) is 5. The molecular formula is C37H46F2N8O3. The lowest BCUT2D eigenvalue weighted by Gasteiger charge is -2.47. The van der Waals surface area contributed by atoms with E-state index in [0.717, 1.165) is 43.7 Å². The minimum atomic E-state index is -0.979. The molecule has 0 radical (unpaired) electrons. The van der Waals surface area contributed by atoms with Crippen LogP contribution in [0.5, 0.6) is 5.75 Å². The van der Waals surface area contributed by atoms with Gasteiger partial charge in [0.2, 0.25) is 5.91 Å². The van der Waals surface area contributed by atoms with Crippen molar-refractivity contribution in [2.45, 2.75) is 75.2 Å². The summed E-state index contributed by atoms with van der Waals surface area (Å²) in [7, 11) is 1.59. The van der Waals surface area contributed by atoms with Crippen LogP contribution in [0.25, 0.3) is 0 Å².